The number of hydrogen-bond donors (Lipinski definition) is 1. The molecule has 0 aliphatic rings. The molecule has 0 saturated heterocycles. The first-order valence-corrected chi connectivity index (χ1v) is 8.22. The summed E-state index contributed by atoms with van der Waals surface area (Å²) in [6, 6.07) is 12.3. The lowest BCUT2D eigenvalue weighted by atomic mass is 10.1. The average Bonchev–Trinajstić information content (AvgIpc) is 2.62. The van der Waals surface area contributed by atoms with Crippen molar-refractivity contribution in [2.45, 2.75) is 13.8 Å². The maximum absolute atomic E-state index is 12.5. The average molecular weight is 341 g/mol. The molecule has 0 aromatic heterocycles. The zero-order valence-electron chi connectivity index (χ0n) is 14.6. The Hall–Kier alpha value is -2.95. The second-order valence-electron chi connectivity index (χ2n) is 5.11. The van der Waals surface area contributed by atoms with E-state index in [9.17, 15) is 4.79 Å². The zero-order chi connectivity index (χ0) is 18.1. The lowest BCUT2D eigenvalue weighted by molar-refractivity contribution is 0.102. The summed E-state index contributed by atoms with van der Waals surface area (Å²) in [5.74, 6) is 1.66. The molecule has 0 atom stereocenters. The van der Waals surface area contributed by atoms with Gasteiger partial charge < -0.3 is 19.5 Å². The van der Waals surface area contributed by atoms with Gasteiger partial charge in [0.05, 0.1) is 13.2 Å². The normalized spacial score (nSPS) is 10.0. The number of hydrogen-bond acceptors (Lipinski definition) is 4. The third-order valence-electron chi connectivity index (χ3n) is 3.29. The molecule has 0 spiro atoms. The second kappa shape index (κ2) is 9.37. The van der Waals surface area contributed by atoms with Crippen molar-refractivity contribution in [2.24, 2.45) is 0 Å². The number of rotatable bonds is 9. The summed E-state index contributed by atoms with van der Waals surface area (Å²) < 4.78 is 16.5. The highest BCUT2D eigenvalue weighted by atomic mass is 16.5. The van der Waals surface area contributed by atoms with Crippen molar-refractivity contribution in [3.05, 3.63) is 60.7 Å². The van der Waals surface area contributed by atoms with Crippen LogP contribution in [-0.4, -0.2) is 25.7 Å². The Bertz CT molecular complexity index is 710. The van der Waals surface area contributed by atoms with E-state index in [1.807, 2.05) is 26.0 Å². The Morgan fingerprint density at radius 1 is 1.00 bits per heavy atom. The molecule has 2 aromatic carbocycles. The maximum atomic E-state index is 12.5. The smallest absolute Gasteiger partial charge is 0.255 e. The van der Waals surface area contributed by atoms with E-state index in [1.54, 1.807) is 36.4 Å². The SMILES string of the molecule is C=CCOc1ccc(C(=O)Nc2ccc(OCC)cc2)cc1OCC. The van der Waals surface area contributed by atoms with Crippen LogP contribution in [0.4, 0.5) is 5.69 Å². The van der Waals surface area contributed by atoms with Gasteiger partial charge in [-0.1, -0.05) is 12.7 Å². The van der Waals surface area contributed by atoms with Crippen LogP contribution < -0.4 is 19.5 Å². The van der Waals surface area contributed by atoms with Gasteiger partial charge in [0.2, 0.25) is 0 Å². The van der Waals surface area contributed by atoms with Crippen molar-refractivity contribution in [3.8, 4) is 17.2 Å². The van der Waals surface area contributed by atoms with Gasteiger partial charge in [0.15, 0.2) is 11.5 Å². The molecule has 25 heavy (non-hydrogen) atoms. The standard InChI is InChI=1S/C20H23NO4/c1-4-13-25-18-12-7-15(14-19(18)24-6-3)20(22)21-16-8-10-17(11-9-16)23-5-2/h4,7-12,14H,1,5-6,13H2,2-3H3,(H,21,22). The van der Waals surface area contributed by atoms with E-state index in [0.717, 1.165) is 5.75 Å². The highest BCUT2D eigenvalue weighted by Gasteiger charge is 2.12. The molecule has 0 fully saturated rings. The molecule has 0 radical (unpaired) electrons. The molecule has 1 N–H and O–H groups in total. The molecule has 1 amide bonds. The molecule has 0 heterocycles. The van der Waals surface area contributed by atoms with Gasteiger partial charge in [-0.05, 0) is 56.3 Å². The van der Waals surface area contributed by atoms with Gasteiger partial charge in [0, 0.05) is 11.3 Å². The van der Waals surface area contributed by atoms with E-state index < -0.39 is 0 Å². The van der Waals surface area contributed by atoms with Crippen molar-refractivity contribution in [1.82, 2.24) is 0 Å². The van der Waals surface area contributed by atoms with Gasteiger partial charge in [-0.2, -0.15) is 0 Å². The van der Waals surface area contributed by atoms with Crippen LogP contribution in [0.5, 0.6) is 17.2 Å². The van der Waals surface area contributed by atoms with Crippen LogP contribution in [0.3, 0.4) is 0 Å². The summed E-state index contributed by atoms with van der Waals surface area (Å²) in [7, 11) is 0. The van der Waals surface area contributed by atoms with E-state index in [0.29, 0.717) is 42.6 Å². The van der Waals surface area contributed by atoms with E-state index in [-0.39, 0.29) is 5.91 Å². The zero-order valence-corrected chi connectivity index (χ0v) is 14.6. The van der Waals surface area contributed by atoms with Crippen molar-refractivity contribution < 1.29 is 19.0 Å². The van der Waals surface area contributed by atoms with Crippen molar-refractivity contribution in [1.29, 1.82) is 0 Å². The molecule has 0 unspecified atom stereocenters. The first-order chi connectivity index (χ1) is 12.2. The van der Waals surface area contributed by atoms with Gasteiger partial charge >= 0.3 is 0 Å². The monoisotopic (exact) mass is 341 g/mol. The Morgan fingerprint density at radius 3 is 2.36 bits per heavy atom. The fraction of sp³-hybridized carbons (Fsp3) is 0.250. The summed E-state index contributed by atoms with van der Waals surface area (Å²) in [6.07, 6.45) is 1.66. The minimum Gasteiger partial charge on any atom is -0.494 e. The van der Waals surface area contributed by atoms with Gasteiger partial charge in [0.1, 0.15) is 12.4 Å². The third kappa shape index (κ3) is 5.28. The molecule has 2 rings (SSSR count). The Labute approximate surface area is 148 Å². The summed E-state index contributed by atoms with van der Waals surface area (Å²) in [6.45, 7) is 8.88. The van der Waals surface area contributed by atoms with Crippen LogP contribution in [0.25, 0.3) is 0 Å². The van der Waals surface area contributed by atoms with Gasteiger partial charge in [-0.25, -0.2) is 0 Å². The first-order valence-electron chi connectivity index (χ1n) is 8.22. The quantitative estimate of drug-likeness (QED) is 0.691. The summed E-state index contributed by atoms with van der Waals surface area (Å²) in [4.78, 5) is 12.5. The number of nitrogens with one attached hydrogen (secondary N) is 1. The van der Waals surface area contributed by atoms with Crippen LogP contribution >= 0.6 is 0 Å². The van der Waals surface area contributed by atoms with Crippen molar-refractivity contribution >= 4 is 11.6 Å². The number of carbonyl (C=O) groups is 1. The summed E-state index contributed by atoms with van der Waals surface area (Å²) >= 11 is 0. The molecule has 0 saturated carbocycles. The number of amides is 1. The van der Waals surface area contributed by atoms with Gasteiger partial charge in [-0.3, -0.25) is 4.79 Å². The fourth-order valence-electron chi connectivity index (χ4n) is 2.19. The molecule has 0 aliphatic carbocycles. The van der Waals surface area contributed by atoms with E-state index in [4.69, 9.17) is 14.2 Å². The Balaban J connectivity index is 2.12. The predicted octanol–water partition coefficient (Wildman–Crippen LogP) is 4.30. The molecular formula is C20H23NO4. The number of anilines is 1. The van der Waals surface area contributed by atoms with Gasteiger partial charge in [0.25, 0.3) is 5.91 Å². The Morgan fingerprint density at radius 2 is 1.72 bits per heavy atom. The minimum atomic E-state index is -0.222. The van der Waals surface area contributed by atoms with Crippen LogP contribution in [-0.2, 0) is 0 Å². The van der Waals surface area contributed by atoms with E-state index in [1.165, 1.54) is 0 Å². The second-order valence-corrected chi connectivity index (χ2v) is 5.11. The maximum Gasteiger partial charge on any atom is 0.255 e. The fourth-order valence-corrected chi connectivity index (χ4v) is 2.19. The van der Waals surface area contributed by atoms with Gasteiger partial charge in [-0.15, -0.1) is 0 Å². The molecule has 5 heteroatoms. The number of benzene rings is 2. The van der Waals surface area contributed by atoms with Crippen molar-refractivity contribution in [3.63, 3.8) is 0 Å². The molecule has 0 aliphatic heterocycles. The molecule has 0 bridgehead atoms. The minimum absolute atomic E-state index is 0.222. The third-order valence-corrected chi connectivity index (χ3v) is 3.29. The van der Waals surface area contributed by atoms with Crippen LogP contribution in [0.2, 0.25) is 0 Å². The Kier molecular flexibility index (Phi) is 6.89. The number of ether oxygens (including phenoxy) is 3. The van der Waals surface area contributed by atoms with Crippen LogP contribution in [0, 0.1) is 0 Å². The van der Waals surface area contributed by atoms with Crippen LogP contribution in [0.1, 0.15) is 24.2 Å². The molecule has 5 nitrogen and oxygen atoms in total. The lowest BCUT2D eigenvalue weighted by Crippen LogP contribution is -2.12. The number of carbonyl (C=O) groups excluding carboxylic acids is 1. The highest BCUT2D eigenvalue weighted by Crippen LogP contribution is 2.29. The molecular weight excluding hydrogens is 318 g/mol. The summed E-state index contributed by atoms with van der Waals surface area (Å²) in [5.41, 5.74) is 1.18. The molecule has 2 aromatic rings. The van der Waals surface area contributed by atoms with E-state index in [2.05, 4.69) is 11.9 Å². The largest absolute Gasteiger partial charge is 0.494 e. The van der Waals surface area contributed by atoms with E-state index >= 15 is 0 Å². The molecule has 132 valence electrons. The highest BCUT2D eigenvalue weighted by molar-refractivity contribution is 6.04. The van der Waals surface area contributed by atoms with Crippen LogP contribution in [0.15, 0.2) is 55.1 Å². The predicted molar refractivity (Wildman–Crippen MR) is 98.9 cm³/mol. The van der Waals surface area contributed by atoms with Crippen molar-refractivity contribution in [2.75, 3.05) is 25.1 Å². The lowest BCUT2D eigenvalue weighted by Gasteiger charge is -2.13. The first kappa shape index (κ1) is 18.4. The summed E-state index contributed by atoms with van der Waals surface area (Å²) in [5, 5.41) is 2.85. The topological polar surface area (TPSA) is 56.8 Å².